The Balaban J connectivity index is 2.47. The molecule has 1 aromatic heterocycles. The maximum absolute atomic E-state index is 9.29. The van der Waals surface area contributed by atoms with Crippen molar-refractivity contribution in [3.8, 4) is 5.75 Å². The highest BCUT2D eigenvalue weighted by molar-refractivity contribution is 7.12. The summed E-state index contributed by atoms with van der Waals surface area (Å²) >= 11 is 1.81. The standard InChI is InChI=1S/C15H16OS/c1-9-11(3)17-12(4)15(9)10(2)13-5-7-14(16)8-6-13/h5-8,16H,2H2,1,3-4H3. The van der Waals surface area contributed by atoms with Gasteiger partial charge in [0, 0.05) is 9.75 Å². The zero-order valence-corrected chi connectivity index (χ0v) is 11.2. The Hall–Kier alpha value is -1.54. The molecule has 2 rings (SSSR count). The molecule has 1 N–H and O–H groups in total. The van der Waals surface area contributed by atoms with Crippen molar-refractivity contribution < 1.29 is 5.11 Å². The summed E-state index contributed by atoms with van der Waals surface area (Å²) in [7, 11) is 0. The first-order chi connectivity index (χ1) is 8.00. The van der Waals surface area contributed by atoms with E-state index in [1.54, 1.807) is 12.1 Å². The zero-order chi connectivity index (χ0) is 12.6. The fraction of sp³-hybridized carbons (Fsp3) is 0.200. The molecule has 0 amide bonds. The van der Waals surface area contributed by atoms with Gasteiger partial charge in [0.05, 0.1) is 0 Å². The SMILES string of the molecule is C=C(c1ccc(O)cc1)c1c(C)sc(C)c1C. The second-order valence-corrected chi connectivity index (χ2v) is 5.67. The third kappa shape index (κ3) is 2.13. The van der Waals surface area contributed by atoms with Crippen LogP contribution in [0.1, 0.15) is 26.4 Å². The fourth-order valence-corrected chi connectivity index (χ4v) is 3.14. The smallest absolute Gasteiger partial charge is 0.115 e. The van der Waals surface area contributed by atoms with Crippen LogP contribution in [0.3, 0.4) is 0 Å². The predicted molar refractivity (Wildman–Crippen MR) is 74.8 cm³/mol. The van der Waals surface area contributed by atoms with Crippen LogP contribution < -0.4 is 0 Å². The van der Waals surface area contributed by atoms with Gasteiger partial charge in [-0.05, 0) is 55.2 Å². The van der Waals surface area contributed by atoms with Gasteiger partial charge >= 0.3 is 0 Å². The van der Waals surface area contributed by atoms with Crippen LogP contribution >= 0.6 is 11.3 Å². The minimum atomic E-state index is 0.288. The molecular weight excluding hydrogens is 228 g/mol. The summed E-state index contributed by atoms with van der Waals surface area (Å²) in [6, 6.07) is 7.21. The molecule has 1 nitrogen and oxygen atoms in total. The van der Waals surface area contributed by atoms with Crippen molar-refractivity contribution in [2.45, 2.75) is 20.8 Å². The van der Waals surface area contributed by atoms with E-state index in [1.807, 2.05) is 23.5 Å². The number of thiophene rings is 1. The summed E-state index contributed by atoms with van der Waals surface area (Å²) in [5, 5.41) is 9.29. The van der Waals surface area contributed by atoms with Crippen molar-refractivity contribution in [3.05, 3.63) is 57.3 Å². The van der Waals surface area contributed by atoms with E-state index < -0.39 is 0 Å². The van der Waals surface area contributed by atoms with E-state index in [9.17, 15) is 5.11 Å². The molecule has 0 unspecified atom stereocenters. The molecule has 0 radical (unpaired) electrons. The largest absolute Gasteiger partial charge is 0.508 e. The Morgan fingerprint density at radius 3 is 2.12 bits per heavy atom. The van der Waals surface area contributed by atoms with Gasteiger partial charge < -0.3 is 5.11 Å². The Kier molecular flexibility index (Phi) is 3.07. The first-order valence-corrected chi connectivity index (χ1v) is 6.37. The van der Waals surface area contributed by atoms with Gasteiger partial charge in [-0.2, -0.15) is 0 Å². The van der Waals surface area contributed by atoms with Crippen molar-refractivity contribution in [1.29, 1.82) is 0 Å². The summed E-state index contributed by atoms with van der Waals surface area (Å²) in [6.45, 7) is 10.6. The molecule has 0 fully saturated rings. The number of aromatic hydroxyl groups is 1. The molecule has 1 aromatic carbocycles. The van der Waals surface area contributed by atoms with E-state index in [-0.39, 0.29) is 5.75 Å². The topological polar surface area (TPSA) is 20.2 Å². The first kappa shape index (κ1) is 11.9. The summed E-state index contributed by atoms with van der Waals surface area (Å²) in [6.07, 6.45) is 0. The van der Waals surface area contributed by atoms with Gasteiger partial charge in [-0.25, -0.2) is 0 Å². The predicted octanol–water partition coefficient (Wildman–Crippen LogP) is 4.44. The monoisotopic (exact) mass is 244 g/mol. The van der Waals surface area contributed by atoms with Gasteiger partial charge in [0.1, 0.15) is 5.75 Å². The Morgan fingerprint density at radius 1 is 1.06 bits per heavy atom. The number of rotatable bonds is 2. The van der Waals surface area contributed by atoms with Crippen LogP contribution in [0.2, 0.25) is 0 Å². The van der Waals surface area contributed by atoms with Crippen LogP contribution in [0.5, 0.6) is 5.75 Å². The summed E-state index contributed by atoms with van der Waals surface area (Å²) in [5.41, 5.74) is 4.65. The van der Waals surface area contributed by atoms with Crippen LogP contribution in [0.15, 0.2) is 30.8 Å². The normalized spacial score (nSPS) is 10.5. The molecular formula is C15H16OS. The Labute approximate surface area is 106 Å². The number of hydrogen-bond acceptors (Lipinski definition) is 2. The second-order valence-electron chi connectivity index (χ2n) is 4.24. The molecule has 0 aliphatic carbocycles. The van der Waals surface area contributed by atoms with E-state index in [0.717, 1.165) is 11.1 Å². The van der Waals surface area contributed by atoms with Gasteiger partial charge in [-0.15, -0.1) is 11.3 Å². The number of phenolic OH excluding ortho intramolecular Hbond substituents is 1. The van der Waals surface area contributed by atoms with Crippen LogP contribution in [0.25, 0.3) is 5.57 Å². The van der Waals surface area contributed by atoms with Gasteiger partial charge in [0.15, 0.2) is 0 Å². The third-order valence-corrected chi connectivity index (χ3v) is 4.20. The minimum Gasteiger partial charge on any atom is -0.508 e. The van der Waals surface area contributed by atoms with E-state index in [4.69, 9.17) is 0 Å². The van der Waals surface area contributed by atoms with Gasteiger partial charge in [-0.1, -0.05) is 18.7 Å². The molecule has 0 aliphatic rings. The molecule has 0 bridgehead atoms. The number of benzene rings is 1. The zero-order valence-electron chi connectivity index (χ0n) is 10.4. The number of phenols is 1. The number of aryl methyl sites for hydroxylation is 2. The van der Waals surface area contributed by atoms with Crippen molar-refractivity contribution in [1.82, 2.24) is 0 Å². The van der Waals surface area contributed by atoms with Crippen molar-refractivity contribution in [2.24, 2.45) is 0 Å². The molecule has 88 valence electrons. The van der Waals surface area contributed by atoms with Gasteiger partial charge in [0.2, 0.25) is 0 Å². The van der Waals surface area contributed by atoms with Crippen LogP contribution in [-0.4, -0.2) is 5.11 Å². The summed E-state index contributed by atoms with van der Waals surface area (Å²) < 4.78 is 0. The molecule has 17 heavy (non-hydrogen) atoms. The Morgan fingerprint density at radius 2 is 1.65 bits per heavy atom. The third-order valence-electron chi connectivity index (χ3n) is 3.08. The van der Waals surface area contributed by atoms with Crippen molar-refractivity contribution >= 4 is 16.9 Å². The maximum atomic E-state index is 9.29. The highest BCUT2D eigenvalue weighted by Gasteiger charge is 2.13. The highest BCUT2D eigenvalue weighted by atomic mass is 32.1. The lowest BCUT2D eigenvalue weighted by Gasteiger charge is -2.08. The quantitative estimate of drug-likeness (QED) is 0.828. The van der Waals surface area contributed by atoms with Gasteiger partial charge in [-0.3, -0.25) is 0 Å². The molecule has 0 saturated carbocycles. The Bertz CT molecular complexity index is 561. The lowest BCUT2D eigenvalue weighted by molar-refractivity contribution is 0.475. The maximum Gasteiger partial charge on any atom is 0.115 e. The second kappa shape index (κ2) is 4.38. The molecule has 2 heteroatoms. The summed E-state index contributed by atoms with van der Waals surface area (Å²) in [5.74, 6) is 0.288. The van der Waals surface area contributed by atoms with E-state index in [0.29, 0.717) is 0 Å². The van der Waals surface area contributed by atoms with Crippen LogP contribution in [-0.2, 0) is 0 Å². The van der Waals surface area contributed by atoms with Crippen LogP contribution in [0, 0.1) is 20.8 Å². The highest BCUT2D eigenvalue weighted by Crippen LogP contribution is 2.34. The summed E-state index contributed by atoms with van der Waals surface area (Å²) in [4.78, 5) is 2.65. The van der Waals surface area contributed by atoms with Gasteiger partial charge in [0.25, 0.3) is 0 Å². The van der Waals surface area contributed by atoms with E-state index >= 15 is 0 Å². The van der Waals surface area contributed by atoms with Crippen molar-refractivity contribution in [2.75, 3.05) is 0 Å². The minimum absolute atomic E-state index is 0.288. The van der Waals surface area contributed by atoms with Crippen molar-refractivity contribution in [3.63, 3.8) is 0 Å². The van der Waals surface area contributed by atoms with E-state index in [2.05, 4.69) is 27.4 Å². The molecule has 0 aliphatic heterocycles. The first-order valence-electron chi connectivity index (χ1n) is 5.56. The molecule has 1 heterocycles. The lowest BCUT2D eigenvalue weighted by atomic mass is 9.96. The van der Waals surface area contributed by atoms with E-state index in [1.165, 1.54) is 20.9 Å². The average molecular weight is 244 g/mol. The lowest BCUT2D eigenvalue weighted by Crippen LogP contribution is -1.89. The fourth-order valence-electron chi connectivity index (χ4n) is 2.04. The molecule has 0 saturated heterocycles. The molecule has 0 atom stereocenters. The average Bonchev–Trinajstić information content (AvgIpc) is 2.53. The number of hydrogen-bond donors (Lipinski definition) is 1. The van der Waals surface area contributed by atoms with Crippen LogP contribution in [0.4, 0.5) is 0 Å². The molecule has 0 spiro atoms. The molecule has 2 aromatic rings.